The summed E-state index contributed by atoms with van der Waals surface area (Å²) in [6, 6.07) is 2.92. The maximum atomic E-state index is 11.9. The molecular weight excluding hydrogens is 337 g/mol. The normalized spacial score (nSPS) is 10.3. The van der Waals surface area contributed by atoms with Gasteiger partial charge in [0, 0.05) is 6.54 Å². The monoisotopic (exact) mass is 351 g/mol. The van der Waals surface area contributed by atoms with Gasteiger partial charge in [0.05, 0.1) is 20.6 Å². The van der Waals surface area contributed by atoms with Crippen molar-refractivity contribution in [2.75, 3.05) is 13.2 Å². The van der Waals surface area contributed by atoms with Crippen LogP contribution in [0.15, 0.2) is 12.1 Å². The van der Waals surface area contributed by atoms with Gasteiger partial charge in [-0.05, 0) is 18.6 Å². The van der Waals surface area contributed by atoms with Gasteiger partial charge in [-0.1, -0.05) is 54.6 Å². The van der Waals surface area contributed by atoms with E-state index in [4.69, 9.17) is 39.5 Å². The minimum atomic E-state index is -0.781. The summed E-state index contributed by atoms with van der Waals surface area (Å²) in [5.74, 6) is -1.15. The lowest BCUT2D eigenvalue weighted by molar-refractivity contribution is -0.124. The van der Waals surface area contributed by atoms with Gasteiger partial charge in [-0.2, -0.15) is 0 Å². The Bertz CT molecular complexity index is 520. The SMILES string of the molecule is CCCCCNC(=O)COC(=O)c1c(Cl)ccc(Cl)c1Cl. The third kappa shape index (κ3) is 5.73. The largest absolute Gasteiger partial charge is 0.452 e. The van der Waals surface area contributed by atoms with E-state index in [2.05, 4.69) is 12.2 Å². The van der Waals surface area contributed by atoms with Crippen LogP contribution in [0.3, 0.4) is 0 Å². The van der Waals surface area contributed by atoms with Gasteiger partial charge in [-0.25, -0.2) is 4.79 Å². The zero-order chi connectivity index (χ0) is 15.8. The Morgan fingerprint density at radius 3 is 2.48 bits per heavy atom. The number of rotatable bonds is 7. The summed E-state index contributed by atoms with van der Waals surface area (Å²) in [6.45, 7) is 2.25. The highest BCUT2D eigenvalue weighted by molar-refractivity contribution is 6.46. The van der Waals surface area contributed by atoms with E-state index in [0.717, 1.165) is 19.3 Å². The second kappa shape index (κ2) is 9.13. The fourth-order valence-electron chi connectivity index (χ4n) is 1.57. The molecule has 7 heteroatoms. The number of carbonyl (C=O) groups is 2. The topological polar surface area (TPSA) is 55.4 Å². The molecule has 1 aromatic carbocycles. The smallest absolute Gasteiger partial charge is 0.341 e. The number of carbonyl (C=O) groups excluding carboxylic acids is 2. The van der Waals surface area contributed by atoms with Crippen LogP contribution >= 0.6 is 34.8 Å². The molecule has 0 aliphatic rings. The molecule has 1 rings (SSSR count). The molecule has 0 spiro atoms. The summed E-state index contributed by atoms with van der Waals surface area (Å²) in [4.78, 5) is 23.4. The molecule has 1 aromatic rings. The predicted octanol–water partition coefficient (Wildman–Crippen LogP) is 4.11. The second-order valence-electron chi connectivity index (χ2n) is 4.35. The Balaban J connectivity index is 2.51. The van der Waals surface area contributed by atoms with Gasteiger partial charge in [-0.3, -0.25) is 4.79 Å². The average Bonchev–Trinajstić information content (AvgIpc) is 2.46. The molecule has 0 bridgehead atoms. The summed E-state index contributed by atoms with van der Waals surface area (Å²) in [5.41, 5.74) is -0.0374. The molecule has 0 aliphatic carbocycles. The highest BCUT2D eigenvalue weighted by Gasteiger charge is 2.19. The molecule has 0 saturated carbocycles. The lowest BCUT2D eigenvalue weighted by atomic mass is 10.2. The molecule has 0 unspecified atom stereocenters. The Hall–Kier alpha value is -0.970. The molecule has 0 aliphatic heterocycles. The molecular formula is C14H16Cl3NO3. The zero-order valence-corrected chi connectivity index (χ0v) is 13.8. The van der Waals surface area contributed by atoms with Gasteiger partial charge in [0.2, 0.25) is 0 Å². The van der Waals surface area contributed by atoms with Gasteiger partial charge in [0.1, 0.15) is 0 Å². The molecule has 21 heavy (non-hydrogen) atoms. The highest BCUT2D eigenvalue weighted by Crippen LogP contribution is 2.31. The molecule has 0 fully saturated rings. The first-order chi connectivity index (χ1) is 9.97. The van der Waals surface area contributed by atoms with Crippen molar-refractivity contribution in [3.63, 3.8) is 0 Å². The highest BCUT2D eigenvalue weighted by atomic mass is 35.5. The Labute approximate surface area is 138 Å². The molecule has 0 saturated heterocycles. The van der Waals surface area contributed by atoms with Crippen LogP contribution in [0.5, 0.6) is 0 Å². The van der Waals surface area contributed by atoms with Crippen LogP contribution < -0.4 is 5.32 Å². The second-order valence-corrected chi connectivity index (χ2v) is 5.54. The lowest BCUT2D eigenvalue weighted by Gasteiger charge is -2.09. The first kappa shape index (κ1) is 18.1. The number of esters is 1. The fraction of sp³-hybridized carbons (Fsp3) is 0.429. The number of unbranched alkanes of at least 4 members (excludes halogenated alkanes) is 2. The zero-order valence-electron chi connectivity index (χ0n) is 11.5. The van der Waals surface area contributed by atoms with Crippen LogP contribution in [0.2, 0.25) is 15.1 Å². The molecule has 1 amide bonds. The van der Waals surface area contributed by atoms with Gasteiger partial charge >= 0.3 is 5.97 Å². The van der Waals surface area contributed by atoms with E-state index in [1.807, 2.05) is 0 Å². The Morgan fingerprint density at radius 2 is 1.81 bits per heavy atom. The first-order valence-electron chi connectivity index (χ1n) is 6.54. The quantitative estimate of drug-likeness (QED) is 0.456. The molecule has 0 radical (unpaired) electrons. The summed E-state index contributed by atoms with van der Waals surface area (Å²) >= 11 is 17.6. The van der Waals surface area contributed by atoms with Crippen molar-refractivity contribution in [2.45, 2.75) is 26.2 Å². The molecule has 116 valence electrons. The average molecular weight is 353 g/mol. The van der Waals surface area contributed by atoms with Crippen molar-refractivity contribution in [2.24, 2.45) is 0 Å². The number of nitrogens with one attached hydrogen (secondary N) is 1. The third-order valence-corrected chi connectivity index (χ3v) is 3.80. The van der Waals surface area contributed by atoms with Crippen LogP contribution in [0.1, 0.15) is 36.5 Å². The van der Waals surface area contributed by atoms with Crippen LogP contribution in [0.25, 0.3) is 0 Å². The number of hydrogen-bond donors (Lipinski definition) is 1. The van der Waals surface area contributed by atoms with Crippen molar-refractivity contribution in [1.29, 1.82) is 0 Å². The van der Waals surface area contributed by atoms with Crippen molar-refractivity contribution in [1.82, 2.24) is 5.32 Å². The standard InChI is InChI=1S/C14H16Cl3NO3/c1-2-3-4-7-18-11(19)8-21-14(20)12-9(15)5-6-10(16)13(12)17/h5-6H,2-4,7-8H2,1H3,(H,18,19). The van der Waals surface area contributed by atoms with Crippen molar-refractivity contribution in [3.05, 3.63) is 32.8 Å². The minimum absolute atomic E-state index is 0.0116. The van der Waals surface area contributed by atoms with E-state index in [1.54, 1.807) is 0 Å². The summed E-state index contributed by atoms with van der Waals surface area (Å²) in [5, 5.41) is 2.98. The van der Waals surface area contributed by atoms with Crippen LogP contribution in [-0.4, -0.2) is 25.0 Å². The molecule has 0 aromatic heterocycles. The van der Waals surface area contributed by atoms with Gasteiger partial charge in [-0.15, -0.1) is 0 Å². The maximum Gasteiger partial charge on any atom is 0.341 e. The third-order valence-electron chi connectivity index (χ3n) is 2.68. The van der Waals surface area contributed by atoms with Gasteiger partial charge in [0.15, 0.2) is 6.61 Å². The van der Waals surface area contributed by atoms with E-state index < -0.39 is 5.97 Å². The van der Waals surface area contributed by atoms with E-state index in [-0.39, 0.29) is 33.1 Å². The number of ether oxygens (including phenoxy) is 1. The van der Waals surface area contributed by atoms with E-state index >= 15 is 0 Å². The lowest BCUT2D eigenvalue weighted by Crippen LogP contribution is -2.29. The van der Waals surface area contributed by atoms with E-state index in [0.29, 0.717) is 6.54 Å². The van der Waals surface area contributed by atoms with Crippen molar-refractivity contribution < 1.29 is 14.3 Å². The number of halogens is 3. The van der Waals surface area contributed by atoms with E-state index in [1.165, 1.54) is 12.1 Å². The van der Waals surface area contributed by atoms with Crippen LogP contribution in [0.4, 0.5) is 0 Å². The van der Waals surface area contributed by atoms with Gasteiger partial charge in [0.25, 0.3) is 5.91 Å². The number of hydrogen-bond acceptors (Lipinski definition) is 3. The molecule has 4 nitrogen and oxygen atoms in total. The summed E-state index contributed by atoms with van der Waals surface area (Å²) < 4.78 is 4.89. The summed E-state index contributed by atoms with van der Waals surface area (Å²) in [7, 11) is 0. The maximum absolute atomic E-state index is 11.9. The molecule has 0 atom stereocenters. The molecule has 0 heterocycles. The minimum Gasteiger partial charge on any atom is -0.452 e. The van der Waals surface area contributed by atoms with Gasteiger partial charge < -0.3 is 10.1 Å². The molecule has 1 N–H and O–H groups in total. The Kier molecular flexibility index (Phi) is 7.86. The number of amides is 1. The predicted molar refractivity (Wildman–Crippen MR) is 84.3 cm³/mol. The summed E-state index contributed by atoms with van der Waals surface area (Å²) in [6.07, 6.45) is 2.99. The van der Waals surface area contributed by atoms with Crippen molar-refractivity contribution >= 4 is 46.7 Å². The Morgan fingerprint density at radius 1 is 1.14 bits per heavy atom. The van der Waals surface area contributed by atoms with Crippen LogP contribution in [0, 0.1) is 0 Å². The first-order valence-corrected chi connectivity index (χ1v) is 7.68. The van der Waals surface area contributed by atoms with Crippen LogP contribution in [-0.2, 0) is 9.53 Å². The fourth-order valence-corrected chi connectivity index (χ4v) is 2.25. The number of benzene rings is 1. The van der Waals surface area contributed by atoms with Crippen molar-refractivity contribution in [3.8, 4) is 0 Å². The van der Waals surface area contributed by atoms with E-state index in [9.17, 15) is 9.59 Å².